The van der Waals surface area contributed by atoms with Crippen molar-refractivity contribution in [3.63, 3.8) is 0 Å². The highest BCUT2D eigenvalue weighted by Gasteiger charge is 2.13. The first kappa shape index (κ1) is 9.50. The van der Waals surface area contributed by atoms with Gasteiger partial charge in [-0.1, -0.05) is 0 Å². The number of anilines is 1. The van der Waals surface area contributed by atoms with E-state index in [1.807, 2.05) is 0 Å². The van der Waals surface area contributed by atoms with Crippen LogP contribution in [0, 0.1) is 17.5 Å². The van der Waals surface area contributed by atoms with Gasteiger partial charge in [0.1, 0.15) is 0 Å². The number of halogens is 3. The second-order valence-corrected chi connectivity index (χ2v) is 2.80. The van der Waals surface area contributed by atoms with E-state index in [2.05, 4.69) is 15.2 Å². The second kappa shape index (κ2) is 3.26. The lowest BCUT2D eigenvalue weighted by Gasteiger charge is -1.98. The van der Waals surface area contributed by atoms with Crippen molar-refractivity contribution in [3.05, 3.63) is 29.6 Å². The minimum atomic E-state index is -1.52. The van der Waals surface area contributed by atoms with Gasteiger partial charge in [0.15, 0.2) is 23.3 Å². The molecule has 78 valence electrons. The summed E-state index contributed by atoms with van der Waals surface area (Å²) >= 11 is 0. The van der Waals surface area contributed by atoms with Crippen molar-refractivity contribution in [2.24, 2.45) is 0 Å². The molecule has 0 spiro atoms. The first-order valence-electron chi connectivity index (χ1n) is 3.90. The minimum Gasteiger partial charge on any atom is -0.366 e. The van der Waals surface area contributed by atoms with Crippen LogP contribution in [-0.2, 0) is 0 Å². The van der Waals surface area contributed by atoms with Crippen LogP contribution in [0.1, 0.15) is 0 Å². The lowest BCUT2D eigenvalue weighted by Crippen LogP contribution is -1.93. The van der Waals surface area contributed by atoms with Gasteiger partial charge in [-0.15, -0.1) is 5.10 Å². The molecule has 7 heteroatoms. The number of nitrogens with two attached hydrogens (primary N) is 1. The molecule has 0 radical (unpaired) electrons. The number of nitrogens with zero attached hydrogens (tertiary/aromatic N) is 2. The Kier molecular flexibility index (Phi) is 2.07. The van der Waals surface area contributed by atoms with Gasteiger partial charge in [0.05, 0.1) is 0 Å². The van der Waals surface area contributed by atoms with Gasteiger partial charge in [-0.2, -0.15) is 4.98 Å². The zero-order valence-electron chi connectivity index (χ0n) is 7.26. The first-order valence-corrected chi connectivity index (χ1v) is 3.90. The van der Waals surface area contributed by atoms with Crippen LogP contribution in [0.5, 0.6) is 0 Å². The highest BCUT2D eigenvalue weighted by molar-refractivity contribution is 5.55. The molecule has 0 fully saturated rings. The number of benzene rings is 1. The van der Waals surface area contributed by atoms with Gasteiger partial charge in [0, 0.05) is 5.56 Å². The van der Waals surface area contributed by atoms with E-state index < -0.39 is 17.5 Å². The normalized spacial score (nSPS) is 10.6. The highest BCUT2D eigenvalue weighted by Crippen LogP contribution is 2.20. The van der Waals surface area contributed by atoms with Crippen LogP contribution in [0.2, 0.25) is 0 Å². The van der Waals surface area contributed by atoms with E-state index in [4.69, 9.17) is 5.73 Å². The zero-order valence-corrected chi connectivity index (χ0v) is 7.26. The topological polar surface area (TPSA) is 67.6 Å². The summed E-state index contributed by atoms with van der Waals surface area (Å²) in [6.45, 7) is 0. The van der Waals surface area contributed by atoms with E-state index >= 15 is 0 Å². The molecule has 0 bridgehead atoms. The van der Waals surface area contributed by atoms with Crippen LogP contribution in [0.3, 0.4) is 0 Å². The smallest absolute Gasteiger partial charge is 0.239 e. The van der Waals surface area contributed by atoms with Crippen molar-refractivity contribution in [1.82, 2.24) is 15.2 Å². The lowest BCUT2D eigenvalue weighted by molar-refractivity contribution is 0.447. The van der Waals surface area contributed by atoms with Crippen LogP contribution in [0.25, 0.3) is 11.4 Å². The molecule has 2 rings (SSSR count). The number of aromatic nitrogens is 3. The van der Waals surface area contributed by atoms with Crippen LogP contribution in [0.15, 0.2) is 12.1 Å². The van der Waals surface area contributed by atoms with Gasteiger partial charge >= 0.3 is 0 Å². The molecule has 15 heavy (non-hydrogen) atoms. The summed E-state index contributed by atoms with van der Waals surface area (Å²) < 4.78 is 38.3. The Morgan fingerprint density at radius 3 is 2.20 bits per heavy atom. The summed E-state index contributed by atoms with van der Waals surface area (Å²) in [5.74, 6) is -4.09. The van der Waals surface area contributed by atoms with E-state index in [0.717, 1.165) is 12.1 Å². The quantitative estimate of drug-likeness (QED) is 0.706. The van der Waals surface area contributed by atoms with Gasteiger partial charge < -0.3 is 5.73 Å². The fourth-order valence-electron chi connectivity index (χ4n) is 1.10. The number of H-pyrrole nitrogens is 1. The van der Waals surface area contributed by atoms with Crippen LogP contribution >= 0.6 is 0 Å². The van der Waals surface area contributed by atoms with Crippen molar-refractivity contribution in [2.75, 3.05) is 5.73 Å². The Bertz CT molecular complexity index is 485. The molecule has 1 aromatic heterocycles. The van der Waals surface area contributed by atoms with E-state index in [-0.39, 0.29) is 17.3 Å². The third-order valence-electron chi connectivity index (χ3n) is 1.76. The van der Waals surface area contributed by atoms with Crippen molar-refractivity contribution >= 4 is 5.95 Å². The SMILES string of the molecule is Nc1n[nH]c(-c2cc(F)c(F)c(F)c2)n1. The highest BCUT2D eigenvalue weighted by atomic mass is 19.2. The second-order valence-electron chi connectivity index (χ2n) is 2.80. The number of nitrogen functional groups attached to an aromatic ring is 1. The monoisotopic (exact) mass is 214 g/mol. The van der Waals surface area contributed by atoms with Gasteiger partial charge in [0.25, 0.3) is 0 Å². The fraction of sp³-hybridized carbons (Fsp3) is 0. The predicted molar refractivity (Wildman–Crippen MR) is 46.1 cm³/mol. The summed E-state index contributed by atoms with van der Waals surface area (Å²) in [7, 11) is 0. The molecular weight excluding hydrogens is 209 g/mol. The molecule has 3 N–H and O–H groups in total. The van der Waals surface area contributed by atoms with E-state index in [0.29, 0.717) is 0 Å². The van der Waals surface area contributed by atoms with Crippen molar-refractivity contribution in [1.29, 1.82) is 0 Å². The minimum absolute atomic E-state index is 0.0376. The van der Waals surface area contributed by atoms with E-state index in [1.54, 1.807) is 0 Å². The molecule has 0 aliphatic heterocycles. The van der Waals surface area contributed by atoms with Gasteiger partial charge in [-0.25, -0.2) is 13.2 Å². The number of aromatic amines is 1. The Balaban J connectivity index is 2.55. The first-order chi connectivity index (χ1) is 7.08. The molecule has 1 aromatic carbocycles. The van der Waals surface area contributed by atoms with Gasteiger partial charge in [-0.05, 0) is 12.1 Å². The van der Waals surface area contributed by atoms with Crippen LogP contribution in [0.4, 0.5) is 19.1 Å². The summed E-state index contributed by atoms with van der Waals surface area (Å²) in [5.41, 5.74) is 5.24. The molecule has 0 saturated carbocycles. The number of rotatable bonds is 1. The van der Waals surface area contributed by atoms with E-state index in [9.17, 15) is 13.2 Å². The maximum Gasteiger partial charge on any atom is 0.239 e. The van der Waals surface area contributed by atoms with E-state index in [1.165, 1.54) is 0 Å². The van der Waals surface area contributed by atoms with Crippen molar-refractivity contribution in [2.45, 2.75) is 0 Å². The molecule has 4 nitrogen and oxygen atoms in total. The zero-order chi connectivity index (χ0) is 11.0. The van der Waals surface area contributed by atoms with Crippen LogP contribution < -0.4 is 5.73 Å². The molecule has 0 atom stereocenters. The number of nitrogens with one attached hydrogen (secondary N) is 1. The molecule has 0 unspecified atom stereocenters. The summed E-state index contributed by atoms with van der Waals surface area (Å²) in [5, 5.41) is 5.83. The molecule has 0 saturated heterocycles. The molecular formula is C8H5F3N4. The Morgan fingerprint density at radius 2 is 1.73 bits per heavy atom. The van der Waals surface area contributed by atoms with Gasteiger partial charge in [0.2, 0.25) is 5.95 Å². The summed E-state index contributed by atoms with van der Waals surface area (Å²) in [6, 6.07) is 1.61. The Hall–Kier alpha value is -2.05. The lowest BCUT2D eigenvalue weighted by atomic mass is 10.2. The maximum absolute atomic E-state index is 12.8. The largest absolute Gasteiger partial charge is 0.366 e. The summed E-state index contributed by atoms with van der Waals surface area (Å²) in [4.78, 5) is 3.65. The molecule has 1 heterocycles. The maximum atomic E-state index is 12.8. The average molecular weight is 214 g/mol. The third kappa shape index (κ3) is 1.63. The molecule has 0 amide bonds. The number of hydrogen-bond acceptors (Lipinski definition) is 3. The van der Waals surface area contributed by atoms with Gasteiger partial charge in [-0.3, -0.25) is 5.10 Å². The third-order valence-corrected chi connectivity index (χ3v) is 1.76. The average Bonchev–Trinajstić information content (AvgIpc) is 2.60. The Morgan fingerprint density at radius 1 is 1.13 bits per heavy atom. The molecule has 0 aliphatic carbocycles. The van der Waals surface area contributed by atoms with Crippen molar-refractivity contribution < 1.29 is 13.2 Å². The standard InChI is InChI=1S/C8H5F3N4/c9-4-1-3(2-5(10)6(4)11)7-13-8(12)15-14-7/h1-2H,(H3,12,13,14,15). The van der Waals surface area contributed by atoms with Crippen LogP contribution in [-0.4, -0.2) is 15.2 Å². The fourth-order valence-corrected chi connectivity index (χ4v) is 1.10. The molecule has 2 aromatic rings. The Labute approximate surface area is 81.9 Å². The van der Waals surface area contributed by atoms with Crippen molar-refractivity contribution in [3.8, 4) is 11.4 Å². The molecule has 0 aliphatic rings. The number of hydrogen-bond donors (Lipinski definition) is 2. The summed E-state index contributed by atoms with van der Waals surface area (Å²) in [6.07, 6.45) is 0. The predicted octanol–water partition coefficient (Wildman–Crippen LogP) is 1.47.